The van der Waals surface area contributed by atoms with E-state index in [-0.39, 0.29) is 5.41 Å². The molecule has 0 radical (unpaired) electrons. The van der Waals surface area contributed by atoms with Crippen LogP contribution in [0, 0.1) is 11.3 Å². The topological polar surface area (TPSA) is 48.7 Å². The zero-order chi connectivity index (χ0) is 13.8. The first-order valence-corrected chi connectivity index (χ1v) is 6.51. The first kappa shape index (κ1) is 14.7. The third-order valence-electron chi connectivity index (χ3n) is 3.04. The molecule has 0 saturated heterocycles. The van der Waals surface area contributed by atoms with Gasteiger partial charge in [0, 0.05) is 24.2 Å². The van der Waals surface area contributed by atoms with Gasteiger partial charge >= 0.3 is 0 Å². The minimum atomic E-state index is -0.0896. The van der Waals surface area contributed by atoms with Gasteiger partial charge in [-0.2, -0.15) is 5.26 Å². The Morgan fingerprint density at radius 1 is 1.44 bits per heavy atom. The fourth-order valence-corrected chi connectivity index (χ4v) is 1.72. The lowest BCUT2D eigenvalue weighted by atomic mass is 9.88. The average Bonchev–Trinajstić information content (AvgIpc) is 2.34. The molecule has 18 heavy (non-hydrogen) atoms. The Morgan fingerprint density at radius 3 is 2.61 bits per heavy atom. The molecule has 0 spiro atoms. The van der Waals surface area contributed by atoms with Crippen LogP contribution < -0.4 is 5.32 Å². The van der Waals surface area contributed by atoms with Crippen molar-refractivity contribution in [1.29, 1.82) is 5.26 Å². The van der Waals surface area contributed by atoms with Gasteiger partial charge in [0.2, 0.25) is 0 Å². The van der Waals surface area contributed by atoms with Crippen LogP contribution in [0.15, 0.2) is 12.3 Å². The molecule has 1 aromatic heterocycles. The Labute approximate surface area is 110 Å². The molecule has 1 heterocycles. The van der Waals surface area contributed by atoms with E-state index in [0.29, 0.717) is 11.6 Å². The summed E-state index contributed by atoms with van der Waals surface area (Å²) in [6.07, 6.45) is 2.97. The molecule has 0 aliphatic carbocycles. The summed E-state index contributed by atoms with van der Waals surface area (Å²) in [7, 11) is 0. The summed E-state index contributed by atoms with van der Waals surface area (Å²) in [4.78, 5) is 4.46. The smallest absolute Gasteiger partial charge is 0.101 e. The number of nitrogens with zero attached hydrogens (tertiary/aromatic N) is 2. The fourth-order valence-electron chi connectivity index (χ4n) is 1.72. The number of hydrogen-bond acceptors (Lipinski definition) is 3. The van der Waals surface area contributed by atoms with E-state index in [9.17, 15) is 5.26 Å². The molecular formula is C15H23N3. The van der Waals surface area contributed by atoms with E-state index in [1.54, 1.807) is 0 Å². The Hall–Kier alpha value is -1.40. The predicted molar refractivity (Wildman–Crippen MR) is 74.2 cm³/mol. The van der Waals surface area contributed by atoms with Gasteiger partial charge in [-0.3, -0.25) is 4.98 Å². The molecule has 0 amide bonds. The van der Waals surface area contributed by atoms with Crippen molar-refractivity contribution in [1.82, 2.24) is 10.3 Å². The van der Waals surface area contributed by atoms with Gasteiger partial charge in [-0.15, -0.1) is 0 Å². The van der Waals surface area contributed by atoms with Gasteiger partial charge in [-0.05, 0) is 25.0 Å². The van der Waals surface area contributed by atoms with Gasteiger partial charge in [0.05, 0.1) is 11.3 Å². The largest absolute Gasteiger partial charge is 0.310 e. The van der Waals surface area contributed by atoms with E-state index >= 15 is 0 Å². The lowest BCUT2D eigenvalue weighted by Gasteiger charge is -2.19. The number of rotatable bonds is 4. The van der Waals surface area contributed by atoms with E-state index in [0.717, 1.165) is 24.2 Å². The van der Waals surface area contributed by atoms with Crippen LogP contribution >= 0.6 is 0 Å². The van der Waals surface area contributed by atoms with Crippen molar-refractivity contribution in [2.45, 2.75) is 59.0 Å². The first-order valence-electron chi connectivity index (χ1n) is 6.51. The second kappa shape index (κ2) is 5.97. The van der Waals surface area contributed by atoms with Crippen molar-refractivity contribution in [2.75, 3.05) is 0 Å². The molecule has 1 aromatic rings. The van der Waals surface area contributed by atoms with Crippen LogP contribution in [-0.4, -0.2) is 11.0 Å². The minimum absolute atomic E-state index is 0.0896. The molecular weight excluding hydrogens is 222 g/mol. The third kappa shape index (κ3) is 3.82. The van der Waals surface area contributed by atoms with Crippen LogP contribution in [-0.2, 0) is 12.0 Å². The minimum Gasteiger partial charge on any atom is -0.310 e. The summed E-state index contributed by atoms with van der Waals surface area (Å²) in [5.74, 6) is 0. The molecule has 0 aliphatic rings. The molecule has 0 aliphatic heterocycles. The summed E-state index contributed by atoms with van der Waals surface area (Å²) in [5, 5.41) is 12.6. The number of nitriles is 1. The van der Waals surface area contributed by atoms with Gasteiger partial charge in [0.25, 0.3) is 0 Å². The van der Waals surface area contributed by atoms with Gasteiger partial charge in [-0.25, -0.2) is 0 Å². The van der Waals surface area contributed by atoms with Crippen LogP contribution in [0.4, 0.5) is 0 Å². The third-order valence-corrected chi connectivity index (χ3v) is 3.04. The molecule has 0 bridgehead atoms. The van der Waals surface area contributed by atoms with Crippen molar-refractivity contribution in [2.24, 2.45) is 0 Å². The van der Waals surface area contributed by atoms with Crippen molar-refractivity contribution in [3.63, 3.8) is 0 Å². The summed E-state index contributed by atoms with van der Waals surface area (Å²) >= 11 is 0. The molecule has 1 atom stereocenters. The lowest BCUT2D eigenvalue weighted by molar-refractivity contribution is 0.531. The maximum absolute atomic E-state index is 9.22. The quantitative estimate of drug-likeness (QED) is 0.886. The predicted octanol–water partition coefficient (Wildman–Crippen LogP) is 3.14. The summed E-state index contributed by atoms with van der Waals surface area (Å²) < 4.78 is 0. The number of hydrogen-bond donors (Lipinski definition) is 1. The molecule has 1 unspecified atom stereocenters. The molecule has 98 valence electrons. The zero-order valence-corrected chi connectivity index (χ0v) is 12.0. The summed E-state index contributed by atoms with van der Waals surface area (Å²) in [6, 6.07) is 4.69. The Kier molecular flexibility index (Phi) is 4.86. The van der Waals surface area contributed by atoms with Crippen LogP contribution in [0.5, 0.6) is 0 Å². The highest BCUT2D eigenvalue weighted by molar-refractivity contribution is 5.39. The summed E-state index contributed by atoms with van der Waals surface area (Å²) in [6.45, 7) is 11.3. The molecule has 0 saturated carbocycles. The van der Waals surface area contributed by atoms with Gasteiger partial charge in [-0.1, -0.05) is 27.7 Å². The molecule has 3 heteroatoms. The van der Waals surface area contributed by atoms with Crippen LogP contribution in [0.3, 0.4) is 0 Å². The maximum Gasteiger partial charge on any atom is 0.101 e. The van der Waals surface area contributed by atoms with Crippen molar-refractivity contribution in [3.05, 3.63) is 29.1 Å². The summed E-state index contributed by atoms with van der Waals surface area (Å²) in [5.41, 5.74) is 2.54. The fraction of sp³-hybridized carbons (Fsp3) is 0.600. The van der Waals surface area contributed by atoms with Crippen LogP contribution in [0.25, 0.3) is 0 Å². The molecule has 3 nitrogen and oxygen atoms in total. The van der Waals surface area contributed by atoms with Crippen molar-refractivity contribution in [3.8, 4) is 6.07 Å². The zero-order valence-electron chi connectivity index (χ0n) is 12.0. The lowest BCUT2D eigenvalue weighted by Crippen LogP contribution is -2.25. The van der Waals surface area contributed by atoms with Crippen LogP contribution in [0.2, 0.25) is 0 Å². The number of aromatic nitrogens is 1. The second-order valence-electron chi connectivity index (χ2n) is 5.79. The Bertz CT molecular complexity index is 438. The first-order chi connectivity index (χ1) is 8.38. The van der Waals surface area contributed by atoms with E-state index in [1.165, 1.54) is 0 Å². The highest BCUT2D eigenvalue weighted by Crippen LogP contribution is 2.23. The Balaban J connectivity index is 2.90. The van der Waals surface area contributed by atoms with Crippen LogP contribution in [0.1, 0.15) is 57.9 Å². The maximum atomic E-state index is 9.22. The van der Waals surface area contributed by atoms with Gasteiger partial charge < -0.3 is 5.32 Å². The SMILES string of the molecule is CCC(C)NCc1cnc(C(C)(C)C)c(C#N)c1. The monoisotopic (exact) mass is 245 g/mol. The van der Waals surface area contributed by atoms with Gasteiger partial charge in [0.15, 0.2) is 0 Å². The van der Waals surface area contributed by atoms with Crippen molar-refractivity contribution < 1.29 is 0 Å². The molecule has 1 rings (SSSR count). The molecule has 0 aromatic carbocycles. The van der Waals surface area contributed by atoms with E-state index < -0.39 is 0 Å². The molecule has 1 N–H and O–H groups in total. The Morgan fingerprint density at radius 2 is 2.11 bits per heavy atom. The van der Waals surface area contributed by atoms with E-state index in [2.05, 4.69) is 51.0 Å². The normalized spacial score (nSPS) is 13.1. The highest BCUT2D eigenvalue weighted by Gasteiger charge is 2.19. The second-order valence-corrected chi connectivity index (χ2v) is 5.79. The number of pyridine rings is 1. The van der Waals surface area contributed by atoms with Gasteiger partial charge in [0.1, 0.15) is 6.07 Å². The highest BCUT2D eigenvalue weighted by atomic mass is 14.9. The van der Waals surface area contributed by atoms with E-state index in [4.69, 9.17) is 0 Å². The molecule has 0 fully saturated rings. The average molecular weight is 245 g/mol. The van der Waals surface area contributed by atoms with E-state index in [1.807, 2.05) is 12.3 Å². The standard InChI is InChI=1S/C15H23N3/c1-6-11(2)17-9-12-7-13(8-16)14(18-10-12)15(3,4)5/h7,10-11,17H,6,9H2,1-5H3. The number of nitrogens with one attached hydrogen (secondary N) is 1. The van der Waals surface area contributed by atoms with Crippen molar-refractivity contribution >= 4 is 0 Å².